The largest absolute Gasteiger partial charge is 0.397 e. The molecule has 5 N–H and O–H groups in total. The van der Waals surface area contributed by atoms with Crippen LogP contribution in [0.2, 0.25) is 0 Å². The van der Waals surface area contributed by atoms with Crippen LogP contribution in [0.5, 0.6) is 0 Å². The molecule has 17 heavy (non-hydrogen) atoms. The summed E-state index contributed by atoms with van der Waals surface area (Å²) in [7, 11) is -3.67. The molecule has 0 radical (unpaired) electrons. The lowest BCUT2D eigenvalue weighted by Crippen LogP contribution is -2.19. The van der Waals surface area contributed by atoms with Gasteiger partial charge in [0.2, 0.25) is 0 Å². The monoisotopic (exact) mass is 248 g/mol. The number of hydrogen-bond donors (Lipinski definition) is 3. The highest BCUT2D eigenvalue weighted by atomic mass is 31.2. The maximum atomic E-state index is 12.4. The minimum atomic E-state index is -3.67. The minimum absolute atomic E-state index is 0.169. The maximum Gasteiger partial charge on any atom is 0.260 e. The van der Waals surface area contributed by atoms with Crippen LogP contribution in [0.1, 0.15) is 0 Å². The molecule has 2 aromatic rings. The lowest BCUT2D eigenvalue weighted by atomic mass is 10.3. The van der Waals surface area contributed by atoms with Crippen molar-refractivity contribution in [1.82, 2.24) is 0 Å². The van der Waals surface area contributed by atoms with E-state index in [1.165, 1.54) is 6.07 Å². The van der Waals surface area contributed by atoms with Crippen LogP contribution in [0, 0.1) is 0 Å². The average Bonchev–Trinajstić information content (AvgIpc) is 2.33. The molecule has 0 aliphatic rings. The van der Waals surface area contributed by atoms with Crippen molar-refractivity contribution >= 4 is 29.4 Å². The number of para-hydroxylation sites is 1. The second kappa shape index (κ2) is 4.24. The van der Waals surface area contributed by atoms with Crippen LogP contribution < -0.4 is 22.1 Å². The molecular formula is C12H13N2O2P. The van der Waals surface area contributed by atoms with Crippen molar-refractivity contribution in [1.29, 1.82) is 0 Å². The lowest BCUT2D eigenvalue weighted by molar-refractivity contribution is 0.501. The first-order valence-electron chi connectivity index (χ1n) is 5.06. The van der Waals surface area contributed by atoms with E-state index in [4.69, 9.17) is 11.5 Å². The van der Waals surface area contributed by atoms with Gasteiger partial charge in [-0.3, -0.25) is 4.57 Å². The molecule has 0 aliphatic heterocycles. The van der Waals surface area contributed by atoms with E-state index in [1.54, 1.807) is 42.5 Å². The summed E-state index contributed by atoms with van der Waals surface area (Å²) < 4.78 is 12.4. The van der Waals surface area contributed by atoms with Crippen molar-refractivity contribution in [3.63, 3.8) is 0 Å². The van der Waals surface area contributed by atoms with Crippen LogP contribution in [0.15, 0.2) is 48.5 Å². The number of hydrogen-bond acceptors (Lipinski definition) is 3. The van der Waals surface area contributed by atoms with Crippen molar-refractivity contribution in [2.24, 2.45) is 0 Å². The van der Waals surface area contributed by atoms with Gasteiger partial charge in [0, 0.05) is 5.30 Å². The Morgan fingerprint density at radius 2 is 1.59 bits per heavy atom. The molecule has 2 rings (SSSR count). The maximum absolute atomic E-state index is 12.4. The second-order valence-electron chi connectivity index (χ2n) is 3.69. The van der Waals surface area contributed by atoms with Crippen LogP contribution in [0.3, 0.4) is 0 Å². The predicted octanol–water partition coefficient (Wildman–Crippen LogP) is 1.07. The smallest absolute Gasteiger partial charge is 0.260 e. The summed E-state index contributed by atoms with van der Waals surface area (Å²) in [6.45, 7) is 0. The zero-order chi connectivity index (χ0) is 12.5. The summed E-state index contributed by atoms with van der Waals surface area (Å²) in [4.78, 5) is 10.2. The summed E-state index contributed by atoms with van der Waals surface area (Å²) in [5.41, 5.74) is 11.9. The van der Waals surface area contributed by atoms with E-state index in [1.807, 2.05) is 0 Å². The Labute approximate surface area is 99.3 Å². The van der Waals surface area contributed by atoms with Gasteiger partial charge in [-0.2, -0.15) is 0 Å². The average molecular weight is 248 g/mol. The number of rotatable bonds is 2. The molecule has 0 heterocycles. The van der Waals surface area contributed by atoms with Gasteiger partial charge in [-0.05, 0) is 24.3 Å². The van der Waals surface area contributed by atoms with Gasteiger partial charge in [0.25, 0.3) is 7.37 Å². The zero-order valence-electron chi connectivity index (χ0n) is 9.08. The van der Waals surface area contributed by atoms with Gasteiger partial charge in [0.1, 0.15) is 0 Å². The molecule has 1 unspecified atom stereocenters. The Bertz CT molecular complexity index is 584. The predicted molar refractivity (Wildman–Crippen MR) is 70.8 cm³/mol. The molecule has 0 amide bonds. The topological polar surface area (TPSA) is 89.3 Å². The van der Waals surface area contributed by atoms with Crippen molar-refractivity contribution < 1.29 is 9.46 Å². The third kappa shape index (κ3) is 2.05. The fourth-order valence-electron chi connectivity index (χ4n) is 1.60. The van der Waals surface area contributed by atoms with E-state index in [-0.39, 0.29) is 11.0 Å². The Hall–Kier alpha value is -1.77. The molecule has 1 atom stereocenters. The van der Waals surface area contributed by atoms with Gasteiger partial charge in [-0.1, -0.05) is 24.3 Å². The second-order valence-corrected chi connectivity index (χ2v) is 5.84. The molecular weight excluding hydrogens is 235 g/mol. The summed E-state index contributed by atoms with van der Waals surface area (Å²) in [5.74, 6) is 0. The van der Waals surface area contributed by atoms with Gasteiger partial charge in [0.15, 0.2) is 0 Å². The minimum Gasteiger partial charge on any atom is -0.397 e. The van der Waals surface area contributed by atoms with E-state index in [0.717, 1.165) is 0 Å². The van der Waals surface area contributed by atoms with Gasteiger partial charge in [0.05, 0.1) is 16.7 Å². The van der Waals surface area contributed by atoms with Crippen molar-refractivity contribution in [3.8, 4) is 0 Å². The fourth-order valence-corrected chi connectivity index (χ4v) is 3.20. The fraction of sp³-hybridized carbons (Fsp3) is 0. The third-order valence-corrected chi connectivity index (χ3v) is 4.59. The normalized spacial score (nSPS) is 14.2. The quantitative estimate of drug-likeness (QED) is 0.548. The first-order valence-corrected chi connectivity index (χ1v) is 6.72. The molecule has 0 fully saturated rings. The molecule has 5 heteroatoms. The summed E-state index contributed by atoms with van der Waals surface area (Å²) in [6, 6.07) is 13.1. The van der Waals surface area contributed by atoms with Crippen LogP contribution >= 0.6 is 7.37 Å². The number of nitrogens with two attached hydrogens (primary N) is 2. The molecule has 0 aliphatic carbocycles. The molecule has 0 saturated carbocycles. The molecule has 0 bridgehead atoms. The zero-order valence-corrected chi connectivity index (χ0v) is 9.97. The van der Waals surface area contributed by atoms with Gasteiger partial charge < -0.3 is 16.4 Å². The summed E-state index contributed by atoms with van der Waals surface area (Å²) in [6.07, 6.45) is 0. The summed E-state index contributed by atoms with van der Waals surface area (Å²) >= 11 is 0. The number of benzene rings is 2. The Morgan fingerprint density at radius 3 is 2.24 bits per heavy atom. The Morgan fingerprint density at radius 1 is 0.941 bits per heavy atom. The molecule has 88 valence electrons. The van der Waals surface area contributed by atoms with Crippen molar-refractivity contribution in [2.75, 3.05) is 11.5 Å². The highest BCUT2D eigenvalue weighted by Crippen LogP contribution is 2.40. The Kier molecular flexibility index (Phi) is 2.92. The lowest BCUT2D eigenvalue weighted by Gasteiger charge is -2.15. The van der Waals surface area contributed by atoms with E-state index in [9.17, 15) is 9.46 Å². The van der Waals surface area contributed by atoms with Gasteiger partial charge in [-0.15, -0.1) is 0 Å². The first-order chi connectivity index (χ1) is 8.03. The SMILES string of the molecule is Nc1cccc(P(=O)(O)c2ccccc2)c1N. The highest BCUT2D eigenvalue weighted by molar-refractivity contribution is 7.73. The molecule has 2 aromatic carbocycles. The van der Waals surface area contributed by atoms with E-state index < -0.39 is 7.37 Å². The standard InChI is InChI=1S/C12H13N2O2P/c13-10-7-4-8-11(12(10)14)17(15,16)9-5-2-1-3-6-9/h1-8H,13-14H2,(H,15,16). The van der Waals surface area contributed by atoms with E-state index >= 15 is 0 Å². The third-order valence-electron chi connectivity index (χ3n) is 2.55. The van der Waals surface area contributed by atoms with Crippen LogP contribution in [0.25, 0.3) is 0 Å². The molecule has 0 aromatic heterocycles. The van der Waals surface area contributed by atoms with Crippen molar-refractivity contribution in [2.45, 2.75) is 0 Å². The van der Waals surface area contributed by atoms with Crippen LogP contribution in [0.4, 0.5) is 11.4 Å². The number of anilines is 2. The van der Waals surface area contributed by atoms with Crippen LogP contribution in [-0.2, 0) is 4.57 Å². The van der Waals surface area contributed by atoms with Gasteiger partial charge >= 0.3 is 0 Å². The van der Waals surface area contributed by atoms with Crippen molar-refractivity contribution in [3.05, 3.63) is 48.5 Å². The van der Waals surface area contributed by atoms with Crippen LogP contribution in [-0.4, -0.2) is 4.89 Å². The summed E-state index contributed by atoms with van der Waals surface area (Å²) in [5, 5.41) is 0.529. The molecule has 0 spiro atoms. The van der Waals surface area contributed by atoms with E-state index in [2.05, 4.69) is 0 Å². The molecule has 0 saturated heterocycles. The Balaban J connectivity index is 2.60. The first kappa shape index (κ1) is 11.7. The highest BCUT2D eigenvalue weighted by Gasteiger charge is 2.26. The van der Waals surface area contributed by atoms with E-state index in [0.29, 0.717) is 11.0 Å². The van der Waals surface area contributed by atoms with Gasteiger partial charge in [-0.25, -0.2) is 0 Å². The molecule has 4 nitrogen and oxygen atoms in total. The number of nitrogen functional groups attached to an aromatic ring is 2.